The van der Waals surface area contributed by atoms with Gasteiger partial charge in [0.25, 0.3) is 0 Å². The lowest BCUT2D eigenvalue weighted by Gasteiger charge is -2.27. The molecule has 1 aliphatic rings. The van der Waals surface area contributed by atoms with E-state index < -0.39 is 0 Å². The van der Waals surface area contributed by atoms with Gasteiger partial charge in [-0.3, -0.25) is 9.47 Å². The molecule has 8 heteroatoms. The number of nitrogens with zero attached hydrogens (tertiary/aromatic N) is 3. The summed E-state index contributed by atoms with van der Waals surface area (Å²) in [5, 5.41) is 5.32. The molecule has 0 atom stereocenters. The molecule has 2 aromatic carbocycles. The van der Waals surface area contributed by atoms with Crippen molar-refractivity contribution < 1.29 is 4.79 Å². The van der Waals surface area contributed by atoms with Crippen molar-refractivity contribution in [3.8, 4) is 0 Å². The number of hydrogen-bond acceptors (Lipinski definition) is 3. The number of aryl methyl sites for hydroxylation is 1. The van der Waals surface area contributed by atoms with Crippen LogP contribution in [0.1, 0.15) is 27.9 Å². The molecule has 1 amide bonds. The van der Waals surface area contributed by atoms with Crippen LogP contribution < -0.4 is 5.32 Å². The Bertz CT molecular complexity index is 1460. The van der Waals surface area contributed by atoms with Crippen LogP contribution >= 0.6 is 39.1 Å². The topological polar surface area (TPSA) is 50.2 Å². The van der Waals surface area contributed by atoms with E-state index in [0.29, 0.717) is 11.7 Å². The predicted molar refractivity (Wildman–Crippen MR) is 151 cm³/mol. The summed E-state index contributed by atoms with van der Waals surface area (Å²) in [6.07, 6.45) is 6.74. The number of benzene rings is 2. The molecular formula is C28H25BrCl2N4O. The molecule has 0 fully saturated rings. The summed E-state index contributed by atoms with van der Waals surface area (Å²) in [4.78, 5) is 19.9. The molecule has 3 heterocycles. The highest BCUT2D eigenvalue weighted by Gasteiger charge is 2.26. The number of pyridine rings is 1. The third-order valence-corrected chi connectivity index (χ3v) is 7.80. The number of nitrogens with one attached hydrogen (secondary N) is 1. The highest BCUT2D eigenvalue weighted by molar-refractivity contribution is 9.10. The molecule has 2 aromatic heterocycles. The smallest absolute Gasteiger partial charge is 0.326 e. The molecule has 1 N–H and O–H groups in total. The highest BCUT2D eigenvalue weighted by Crippen LogP contribution is 2.34. The van der Waals surface area contributed by atoms with Crippen molar-refractivity contribution in [2.24, 2.45) is 0 Å². The van der Waals surface area contributed by atoms with E-state index >= 15 is 0 Å². The maximum atomic E-state index is 13.4. The lowest BCUT2D eigenvalue weighted by molar-refractivity contribution is 0.240. The first kappa shape index (κ1) is 25.0. The fourth-order valence-electron chi connectivity index (χ4n) is 4.64. The van der Waals surface area contributed by atoms with E-state index in [-0.39, 0.29) is 6.03 Å². The van der Waals surface area contributed by atoms with Crippen molar-refractivity contribution >= 4 is 62.1 Å². The van der Waals surface area contributed by atoms with Gasteiger partial charge in [0.2, 0.25) is 0 Å². The van der Waals surface area contributed by atoms with Crippen molar-refractivity contribution in [1.82, 2.24) is 19.8 Å². The Morgan fingerprint density at radius 2 is 1.97 bits per heavy atom. The predicted octanol–water partition coefficient (Wildman–Crippen LogP) is 7.24. The zero-order valence-electron chi connectivity index (χ0n) is 19.8. The second-order valence-electron chi connectivity index (χ2n) is 8.96. The van der Waals surface area contributed by atoms with Gasteiger partial charge in [-0.25, -0.2) is 9.78 Å². The van der Waals surface area contributed by atoms with Crippen LogP contribution in [-0.2, 0) is 19.5 Å². The zero-order chi connectivity index (χ0) is 25.2. The first-order chi connectivity index (χ1) is 17.4. The van der Waals surface area contributed by atoms with Gasteiger partial charge in [-0.2, -0.15) is 0 Å². The van der Waals surface area contributed by atoms with Crippen molar-refractivity contribution in [2.75, 3.05) is 13.1 Å². The molecule has 0 saturated carbocycles. The number of aromatic nitrogens is 2. The Kier molecular flexibility index (Phi) is 7.49. The Hall–Kier alpha value is -2.64. The van der Waals surface area contributed by atoms with Gasteiger partial charge in [-0.15, -0.1) is 0 Å². The Balaban J connectivity index is 1.40. The Morgan fingerprint density at radius 3 is 2.75 bits per heavy atom. The van der Waals surface area contributed by atoms with Crippen LogP contribution in [0.15, 0.2) is 65.3 Å². The van der Waals surface area contributed by atoms with Crippen LogP contribution in [0, 0.1) is 6.92 Å². The summed E-state index contributed by atoms with van der Waals surface area (Å²) in [6.45, 7) is 4.92. The van der Waals surface area contributed by atoms with Crippen LogP contribution in [0.4, 0.5) is 4.79 Å². The summed E-state index contributed by atoms with van der Waals surface area (Å²) in [6, 6.07) is 15.5. The first-order valence-corrected chi connectivity index (χ1v) is 13.3. The fraction of sp³-hybridized carbons (Fsp3) is 0.214. The minimum atomic E-state index is -0.132. The third-order valence-electron chi connectivity index (χ3n) is 6.49. The highest BCUT2D eigenvalue weighted by atomic mass is 79.9. The molecule has 0 saturated heterocycles. The summed E-state index contributed by atoms with van der Waals surface area (Å²) in [7, 11) is 0. The normalized spacial score (nSPS) is 13.9. The molecule has 0 unspecified atom stereocenters. The van der Waals surface area contributed by atoms with Gasteiger partial charge in [0.15, 0.2) is 0 Å². The first-order valence-electron chi connectivity index (χ1n) is 11.7. The number of rotatable bonds is 5. The fourth-order valence-corrected chi connectivity index (χ4v) is 5.31. The molecule has 36 heavy (non-hydrogen) atoms. The monoisotopic (exact) mass is 582 g/mol. The van der Waals surface area contributed by atoms with E-state index in [0.717, 1.165) is 68.8 Å². The number of carbonyl (C=O) groups excluding carboxylic acids is 1. The van der Waals surface area contributed by atoms with Crippen molar-refractivity contribution in [2.45, 2.75) is 26.4 Å². The minimum absolute atomic E-state index is 0.132. The number of hydrogen-bond donors (Lipinski definition) is 1. The number of carbonyl (C=O) groups is 1. The quantitative estimate of drug-likeness (QED) is 0.252. The molecule has 1 aliphatic heterocycles. The Morgan fingerprint density at radius 1 is 1.17 bits per heavy atom. The van der Waals surface area contributed by atoms with E-state index in [1.54, 1.807) is 12.3 Å². The van der Waals surface area contributed by atoms with Gasteiger partial charge < -0.3 is 5.32 Å². The van der Waals surface area contributed by atoms with Gasteiger partial charge in [-0.1, -0.05) is 63.4 Å². The second kappa shape index (κ2) is 10.8. The molecule has 4 aromatic rings. The molecule has 5 nitrogen and oxygen atoms in total. The number of halogens is 3. The van der Waals surface area contributed by atoms with Crippen molar-refractivity contribution in [3.05, 3.63) is 103 Å². The van der Waals surface area contributed by atoms with Gasteiger partial charge in [0.1, 0.15) is 5.15 Å². The lowest BCUT2D eigenvalue weighted by atomic mass is 10.0. The van der Waals surface area contributed by atoms with Crippen LogP contribution in [-0.4, -0.2) is 33.6 Å². The van der Waals surface area contributed by atoms with E-state index in [1.807, 2.05) is 41.8 Å². The van der Waals surface area contributed by atoms with Gasteiger partial charge in [0, 0.05) is 59.4 Å². The van der Waals surface area contributed by atoms with Crippen molar-refractivity contribution in [1.29, 1.82) is 0 Å². The van der Waals surface area contributed by atoms with E-state index in [4.69, 9.17) is 23.2 Å². The molecule has 0 radical (unpaired) electrons. The molecule has 0 bridgehead atoms. The summed E-state index contributed by atoms with van der Waals surface area (Å²) in [5.74, 6) is 0. The Labute approximate surface area is 228 Å². The van der Waals surface area contributed by atoms with Crippen LogP contribution in [0.25, 0.3) is 17.0 Å². The van der Waals surface area contributed by atoms with Crippen LogP contribution in [0.5, 0.6) is 0 Å². The minimum Gasteiger partial charge on any atom is -0.333 e. The summed E-state index contributed by atoms with van der Waals surface area (Å²) < 4.78 is 2.90. The standard InChI is InChI=1S/C28H25BrCl2N4O/c1-18-13-26-22(15-24(18)29)23-17-34(11-2-3-19-4-6-21(30)7-5-19)12-9-25(23)35(26)28(36)33-16-20-8-10-32-27(31)14-20/h2-8,10,13-15H,9,11-12,16-17H2,1H3,(H,33,36)/b3-2+. The SMILES string of the molecule is Cc1cc2c(cc1Br)c1c(n2C(=O)NCc2ccnc(Cl)c2)CCN(C/C=C/c2ccc(Cl)cc2)C1. The molecule has 0 aliphatic carbocycles. The summed E-state index contributed by atoms with van der Waals surface area (Å²) >= 11 is 15.7. The van der Waals surface area contributed by atoms with Crippen LogP contribution in [0.3, 0.4) is 0 Å². The maximum absolute atomic E-state index is 13.4. The maximum Gasteiger partial charge on any atom is 0.326 e. The number of amides is 1. The molecule has 5 rings (SSSR count). The van der Waals surface area contributed by atoms with Crippen molar-refractivity contribution in [3.63, 3.8) is 0 Å². The van der Waals surface area contributed by atoms with Crippen LogP contribution in [0.2, 0.25) is 10.2 Å². The van der Waals surface area contributed by atoms with E-state index in [9.17, 15) is 4.79 Å². The molecular weight excluding hydrogens is 559 g/mol. The van der Waals surface area contributed by atoms with Gasteiger partial charge in [-0.05, 0) is 65.6 Å². The average Bonchev–Trinajstić information content (AvgIpc) is 3.16. The van der Waals surface area contributed by atoms with Gasteiger partial charge in [0.05, 0.1) is 5.52 Å². The van der Waals surface area contributed by atoms with E-state index in [1.165, 1.54) is 5.56 Å². The number of fused-ring (bicyclic) bond motifs is 3. The largest absolute Gasteiger partial charge is 0.333 e. The zero-order valence-corrected chi connectivity index (χ0v) is 22.9. The van der Waals surface area contributed by atoms with E-state index in [2.05, 4.69) is 55.4 Å². The summed E-state index contributed by atoms with van der Waals surface area (Å²) in [5.41, 5.74) is 6.34. The van der Waals surface area contributed by atoms with Gasteiger partial charge >= 0.3 is 6.03 Å². The lowest BCUT2D eigenvalue weighted by Crippen LogP contribution is -2.34. The molecule has 184 valence electrons. The second-order valence-corrected chi connectivity index (χ2v) is 10.6. The average molecular weight is 584 g/mol. The third kappa shape index (κ3) is 5.37. The molecule has 0 spiro atoms.